The number of sulfonamides is 1. The minimum Gasteiger partial charge on any atom is -0.339 e. The Morgan fingerprint density at radius 3 is 2.16 bits per heavy atom. The Morgan fingerprint density at radius 2 is 1.51 bits per heavy atom. The van der Waals surface area contributed by atoms with Crippen LogP contribution in [0.25, 0.3) is 0 Å². The summed E-state index contributed by atoms with van der Waals surface area (Å²) in [5.74, 6) is -0.676. The van der Waals surface area contributed by atoms with Gasteiger partial charge in [-0.2, -0.15) is 0 Å². The van der Waals surface area contributed by atoms with Crippen molar-refractivity contribution in [3.05, 3.63) is 88.4 Å². The topological polar surface area (TPSA) is 86.8 Å². The van der Waals surface area contributed by atoms with Gasteiger partial charge >= 0.3 is 0 Å². The monoisotopic (exact) mass is 583 g/mol. The zero-order chi connectivity index (χ0) is 26.4. The summed E-state index contributed by atoms with van der Waals surface area (Å²) in [7, 11) is -4.04. The van der Waals surface area contributed by atoms with Crippen molar-refractivity contribution in [1.82, 2.24) is 4.90 Å². The van der Waals surface area contributed by atoms with Crippen molar-refractivity contribution in [2.75, 3.05) is 29.3 Å². The molecule has 1 N–H and O–H groups in total. The second kappa shape index (κ2) is 11.9. The van der Waals surface area contributed by atoms with E-state index < -0.39 is 22.5 Å². The van der Waals surface area contributed by atoms with Crippen molar-refractivity contribution in [1.29, 1.82) is 0 Å². The third-order valence-corrected chi connectivity index (χ3v) is 8.65. The standard InChI is InChI=1S/C28H30BrN3O4S/c1-21-10-16-24(17-11-21)37(35,36)32(23-14-12-22(29)13-15-23)20-27(33)30-26-9-5-4-8-25(26)28(34)31-18-6-2-3-7-19-31/h4-5,8-17H,2-3,6-7,18-20H2,1H3,(H,30,33). The predicted octanol–water partition coefficient (Wildman–Crippen LogP) is 5.61. The van der Waals surface area contributed by atoms with Gasteiger partial charge in [0.15, 0.2) is 0 Å². The number of carbonyl (C=O) groups excluding carboxylic acids is 2. The summed E-state index contributed by atoms with van der Waals surface area (Å²) in [6.45, 7) is 2.80. The molecule has 1 fully saturated rings. The van der Waals surface area contributed by atoms with E-state index in [9.17, 15) is 18.0 Å². The fourth-order valence-electron chi connectivity index (χ4n) is 4.30. The number of halogens is 1. The SMILES string of the molecule is Cc1ccc(S(=O)(=O)N(CC(=O)Nc2ccccc2C(=O)N2CCCCCC2)c2ccc(Br)cc2)cc1. The highest BCUT2D eigenvalue weighted by molar-refractivity contribution is 9.10. The van der Waals surface area contributed by atoms with Gasteiger partial charge in [-0.1, -0.05) is 58.6 Å². The number of rotatable bonds is 7. The second-order valence-electron chi connectivity index (χ2n) is 9.10. The molecule has 9 heteroatoms. The van der Waals surface area contributed by atoms with Gasteiger partial charge in [-0.25, -0.2) is 8.42 Å². The molecule has 37 heavy (non-hydrogen) atoms. The summed E-state index contributed by atoms with van der Waals surface area (Å²) >= 11 is 3.37. The molecule has 1 aliphatic heterocycles. The minimum atomic E-state index is -4.04. The van der Waals surface area contributed by atoms with Crippen LogP contribution in [0.2, 0.25) is 0 Å². The molecule has 0 aromatic heterocycles. The quantitative estimate of drug-likeness (QED) is 0.392. The molecule has 7 nitrogen and oxygen atoms in total. The second-order valence-corrected chi connectivity index (χ2v) is 11.9. The van der Waals surface area contributed by atoms with Crippen LogP contribution < -0.4 is 9.62 Å². The maximum Gasteiger partial charge on any atom is 0.264 e. The number of benzene rings is 3. The van der Waals surface area contributed by atoms with Crippen molar-refractivity contribution in [2.24, 2.45) is 0 Å². The zero-order valence-corrected chi connectivity index (χ0v) is 23.1. The third-order valence-electron chi connectivity index (χ3n) is 6.34. The highest BCUT2D eigenvalue weighted by Crippen LogP contribution is 2.26. The Balaban J connectivity index is 1.60. The molecule has 0 saturated carbocycles. The van der Waals surface area contributed by atoms with E-state index in [1.165, 1.54) is 12.1 Å². The van der Waals surface area contributed by atoms with Crippen LogP contribution in [-0.2, 0) is 14.8 Å². The lowest BCUT2D eigenvalue weighted by molar-refractivity contribution is -0.114. The van der Waals surface area contributed by atoms with Gasteiger partial charge < -0.3 is 10.2 Å². The molecular weight excluding hydrogens is 554 g/mol. The van der Waals surface area contributed by atoms with Gasteiger partial charge in [0, 0.05) is 17.6 Å². The molecule has 3 aromatic carbocycles. The van der Waals surface area contributed by atoms with E-state index in [2.05, 4.69) is 21.2 Å². The van der Waals surface area contributed by atoms with Crippen molar-refractivity contribution >= 4 is 49.1 Å². The third kappa shape index (κ3) is 6.59. The molecule has 0 unspecified atom stereocenters. The number of hydrogen-bond acceptors (Lipinski definition) is 4. The highest BCUT2D eigenvalue weighted by Gasteiger charge is 2.28. The Bertz CT molecular complexity index is 1350. The Labute approximate surface area is 226 Å². The fourth-order valence-corrected chi connectivity index (χ4v) is 5.99. The lowest BCUT2D eigenvalue weighted by Crippen LogP contribution is -2.38. The average Bonchev–Trinajstić information content (AvgIpc) is 3.18. The van der Waals surface area contributed by atoms with E-state index in [1.807, 2.05) is 11.8 Å². The maximum absolute atomic E-state index is 13.6. The first-order valence-electron chi connectivity index (χ1n) is 12.3. The van der Waals surface area contributed by atoms with E-state index in [4.69, 9.17) is 0 Å². The van der Waals surface area contributed by atoms with Crippen molar-refractivity contribution in [3.8, 4) is 0 Å². The lowest BCUT2D eigenvalue weighted by Gasteiger charge is -2.25. The van der Waals surface area contributed by atoms with Crippen LogP contribution in [0.1, 0.15) is 41.6 Å². The number of para-hydroxylation sites is 1. The first-order chi connectivity index (χ1) is 17.8. The van der Waals surface area contributed by atoms with Gasteiger partial charge in [0.1, 0.15) is 6.54 Å². The lowest BCUT2D eigenvalue weighted by atomic mass is 10.1. The Kier molecular flexibility index (Phi) is 8.66. The van der Waals surface area contributed by atoms with Crippen molar-refractivity contribution in [2.45, 2.75) is 37.5 Å². The molecule has 2 amide bonds. The van der Waals surface area contributed by atoms with E-state index in [-0.39, 0.29) is 10.8 Å². The number of anilines is 2. The molecule has 4 rings (SSSR count). The Morgan fingerprint density at radius 1 is 0.892 bits per heavy atom. The number of nitrogens with zero attached hydrogens (tertiary/aromatic N) is 2. The normalized spacial score (nSPS) is 14.1. The van der Waals surface area contributed by atoms with Crippen LogP contribution >= 0.6 is 15.9 Å². The molecule has 0 atom stereocenters. The molecule has 0 radical (unpaired) electrons. The number of aryl methyl sites for hydroxylation is 1. The summed E-state index contributed by atoms with van der Waals surface area (Å²) in [6.07, 6.45) is 4.12. The summed E-state index contributed by atoms with van der Waals surface area (Å²) in [6, 6.07) is 20.1. The largest absolute Gasteiger partial charge is 0.339 e. The van der Waals surface area contributed by atoms with Crippen molar-refractivity contribution < 1.29 is 18.0 Å². The fraction of sp³-hybridized carbons (Fsp3) is 0.286. The van der Waals surface area contributed by atoms with Crippen LogP contribution in [0, 0.1) is 6.92 Å². The molecule has 1 aliphatic rings. The summed E-state index contributed by atoms with van der Waals surface area (Å²) in [5.41, 5.74) is 2.05. The van der Waals surface area contributed by atoms with Crippen LogP contribution in [0.5, 0.6) is 0 Å². The van der Waals surface area contributed by atoms with Crippen molar-refractivity contribution in [3.63, 3.8) is 0 Å². The molecule has 0 spiro atoms. The van der Waals surface area contributed by atoms with Crippen LogP contribution in [0.15, 0.2) is 82.2 Å². The van der Waals surface area contributed by atoms with Crippen LogP contribution in [-0.4, -0.2) is 44.8 Å². The van der Waals surface area contributed by atoms with Gasteiger partial charge in [0.05, 0.1) is 21.8 Å². The number of nitrogens with one attached hydrogen (secondary N) is 1. The van der Waals surface area contributed by atoms with Gasteiger partial charge in [-0.3, -0.25) is 13.9 Å². The van der Waals surface area contributed by atoms with Crippen LogP contribution in [0.4, 0.5) is 11.4 Å². The van der Waals surface area contributed by atoms with Crippen LogP contribution in [0.3, 0.4) is 0 Å². The van der Waals surface area contributed by atoms with Gasteiger partial charge in [0.25, 0.3) is 15.9 Å². The van der Waals surface area contributed by atoms with Gasteiger partial charge in [-0.05, 0) is 68.3 Å². The molecular formula is C28H30BrN3O4S. The summed E-state index contributed by atoms with van der Waals surface area (Å²) < 4.78 is 29.1. The van der Waals surface area contributed by atoms with E-state index >= 15 is 0 Å². The number of carbonyl (C=O) groups is 2. The maximum atomic E-state index is 13.6. The van der Waals surface area contributed by atoms with E-state index in [0.29, 0.717) is 30.0 Å². The first-order valence-corrected chi connectivity index (χ1v) is 14.5. The molecule has 3 aromatic rings. The minimum absolute atomic E-state index is 0.0885. The highest BCUT2D eigenvalue weighted by atomic mass is 79.9. The zero-order valence-electron chi connectivity index (χ0n) is 20.7. The smallest absolute Gasteiger partial charge is 0.264 e. The predicted molar refractivity (Wildman–Crippen MR) is 149 cm³/mol. The number of likely N-dealkylation sites (tertiary alicyclic amines) is 1. The van der Waals surface area contributed by atoms with E-state index in [1.54, 1.807) is 60.7 Å². The molecule has 1 saturated heterocycles. The van der Waals surface area contributed by atoms with Gasteiger partial charge in [-0.15, -0.1) is 0 Å². The average molecular weight is 585 g/mol. The number of amides is 2. The molecule has 1 heterocycles. The molecule has 0 aliphatic carbocycles. The summed E-state index contributed by atoms with van der Waals surface area (Å²) in [4.78, 5) is 28.4. The summed E-state index contributed by atoms with van der Waals surface area (Å²) in [5, 5.41) is 2.79. The van der Waals surface area contributed by atoms with Gasteiger partial charge in [0.2, 0.25) is 5.91 Å². The first kappa shape index (κ1) is 26.9. The number of hydrogen-bond donors (Lipinski definition) is 1. The van der Waals surface area contributed by atoms with E-state index in [0.717, 1.165) is 40.0 Å². The Hall–Kier alpha value is -3.17. The molecule has 0 bridgehead atoms. The molecule has 194 valence electrons.